The smallest absolute Gasteiger partial charge is 0.289 e. The molecule has 0 fully saturated rings. The van der Waals surface area contributed by atoms with Crippen molar-refractivity contribution < 1.29 is 9.59 Å². The highest BCUT2D eigenvalue weighted by Gasteiger charge is 2.18. The Labute approximate surface area is 124 Å². The summed E-state index contributed by atoms with van der Waals surface area (Å²) in [4.78, 5) is 32.7. The second-order valence-electron chi connectivity index (χ2n) is 5.20. The van der Waals surface area contributed by atoms with Gasteiger partial charge in [-0.3, -0.25) is 4.79 Å². The summed E-state index contributed by atoms with van der Waals surface area (Å²) < 4.78 is 0. The molecule has 0 spiro atoms. The van der Waals surface area contributed by atoms with Crippen molar-refractivity contribution in [3.05, 3.63) is 30.1 Å². The van der Waals surface area contributed by atoms with Gasteiger partial charge in [-0.1, -0.05) is 19.1 Å². The maximum absolute atomic E-state index is 12.5. The third-order valence-corrected chi connectivity index (χ3v) is 3.33. The Morgan fingerprint density at radius 2 is 2.00 bits per heavy atom. The van der Waals surface area contributed by atoms with E-state index >= 15 is 0 Å². The molecule has 0 radical (unpaired) electrons. The van der Waals surface area contributed by atoms with Crippen molar-refractivity contribution in [3.8, 4) is 0 Å². The number of H-pyrrole nitrogens is 1. The summed E-state index contributed by atoms with van der Waals surface area (Å²) in [6, 6.07) is 7.58. The highest BCUT2D eigenvalue weighted by atomic mass is 16.2. The normalized spacial score (nSPS) is 10.8. The van der Waals surface area contributed by atoms with E-state index in [0.29, 0.717) is 31.8 Å². The van der Waals surface area contributed by atoms with Crippen molar-refractivity contribution in [2.75, 3.05) is 13.1 Å². The van der Waals surface area contributed by atoms with E-state index in [4.69, 9.17) is 0 Å². The summed E-state index contributed by atoms with van der Waals surface area (Å²) in [6.45, 7) is 4.87. The Kier molecular flexibility index (Phi) is 5.09. The first-order valence-corrected chi connectivity index (χ1v) is 7.35. The van der Waals surface area contributed by atoms with Crippen LogP contribution in [0, 0.1) is 0 Å². The number of nitrogens with zero attached hydrogens (tertiary/aromatic N) is 2. The quantitative estimate of drug-likeness (QED) is 0.851. The van der Waals surface area contributed by atoms with Gasteiger partial charge in [0.15, 0.2) is 5.82 Å². The number of fused-ring (bicyclic) bond motifs is 1. The first kappa shape index (κ1) is 15.2. The second-order valence-corrected chi connectivity index (χ2v) is 5.20. The number of benzene rings is 1. The van der Waals surface area contributed by atoms with Gasteiger partial charge in [0.1, 0.15) is 5.78 Å². The predicted octanol–water partition coefficient (Wildman–Crippen LogP) is 2.78. The van der Waals surface area contributed by atoms with E-state index in [1.807, 2.05) is 31.2 Å². The van der Waals surface area contributed by atoms with Gasteiger partial charge < -0.3 is 14.7 Å². The van der Waals surface area contributed by atoms with Crippen molar-refractivity contribution in [2.24, 2.45) is 0 Å². The van der Waals surface area contributed by atoms with Crippen LogP contribution in [0.15, 0.2) is 24.3 Å². The third kappa shape index (κ3) is 3.90. The van der Waals surface area contributed by atoms with Gasteiger partial charge in [0.05, 0.1) is 11.0 Å². The number of nitrogens with one attached hydrogen (secondary N) is 1. The molecule has 1 aromatic heterocycles. The minimum atomic E-state index is -0.100. The number of aromatic nitrogens is 2. The molecule has 2 rings (SSSR count). The molecule has 0 unspecified atom stereocenters. The molecule has 0 aliphatic rings. The van der Waals surface area contributed by atoms with Crippen LogP contribution < -0.4 is 0 Å². The fraction of sp³-hybridized carbons (Fsp3) is 0.438. The number of para-hydroxylation sites is 2. The number of aromatic amines is 1. The van der Waals surface area contributed by atoms with Gasteiger partial charge in [-0.15, -0.1) is 0 Å². The lowest BCUT2D eigenvalue weighted by Crippen LogP contribution is -2.33. The van der Waals surface area contributed by atoms with Crippen molar-refractivity contribution in [3.63, 3.8) is 0 Å². The summed E-state index contributed by atoms with van der Waals surface area (Å²) in [5.74, 6) is 0.423. The zero-order valence-electron chi connectivity index (χ0n) is 12.6. The van der Waals surface area contributed by atoms with Crippen LogP contribution in [-0.2, 0) is 4.79 Å². The Hall–Kier alpha value is -2.17. The van der Waals surface area contributed by atoms with Gasteiger partial charge in [0.25, 0.3) is 5.91 Å². The SMILES string of the molecule is CCCN(CCCC(C)=O)C(=O)c1nc2ccccc2[nH]1. The minimum Gasteiger partial charge on any atom is -0.336 e. The highest BCUT2D eigenvalue weighted by Crippen LogP contribution is 2.12. The summed E-state index contributed by atoms with van der Waals surface area (Å²) in [6.07, 6.45) is 2.08. The van der Waals surface area contributed by atoms with Crippen molar-refractivity contribution in [1.29, 1.82) is 0 Å². The molecule has 1 heterocycles. The Balaban J connectivity index is 2.11. The summed E-state index contributed by atoms with van der Waals surface area (Å²) >= 11 is 0. The zero-order valence-corrected chi connectivity index (χ0v) is 12.6. The van der Waals surface area contributed by atoms with E-state index in [0.717, 1.165) is 17.5 Å². The van der Waals surface area contributed by atoms with E-state index in [1.54, 1.807) is 11.8 Å². The number of amides is 1. The monoisotopic (exact) mass is 287 g/mol. The molecule has 21 heavy (non-hydrogen) atoms. The van der Waals surface area contributed by atoms with E-state index in [1.165, 1.54) is 0 Å². The lowest BCUT2D eigenvalue weighted by Gasteiger charge is -2.20. The number of hydrogen-bond acceptors (Lipinski definition) is 3. The predicted molar refractivity (Wildman–Crippen MR) is 82.2 cm³/mol. The van der Waals surface area contributed by atoms with E-state index in [9.17, 15) is 9.59 Å². The fourth-order valence-corrected chi connectivity index (χ4v) is 2.31. The van der Waals surface area contributed by atoms with Crippen LogP contribution in [0.3, 0.4) is 0 Å². The van der Waals surface area contributed by atoms with Crippen LogP contribution >= 0.6 is 0 Å². The summed E-state index contributed by atoms with van der Waals surface area (Å²) in [5, 5.41) is 0. The average Bonchev–Trinajstić information content (AvgIpc) is 2.89. The van der Waals surface area contributed by atoms with E-state index < -0.39 is 0 Å². The molecular formula is C16H21N3O2. The molecule has 1 aromatic carbocycles. The number of carbonyl (C=O) groups excluding carboxylic acids is 2. The largest absolute Gasteiger partial charge is 0.336 e. The van der Waals surface area contributed by atoms with Crippen molar-refractivity contribution >= 4 is 22.7 Å². The van der Waals surface area contributed by atoms with Crippen LogP contribution in [0.5, 0.6) is 0 Å². The van der Waals surface area contributed by atoms with Crippen molar-refractivity contribution in [2.45, 2.75) is 33.1 Å². The topological polar surface area (TPSA) is 66.1 Å². The number of carbonyl (C=O) groups is 2. The van der Waals surface area contributed by atoms with Gasteiger partial charge in [-0.05, 0) is 31.9 Å². The molecule has 0 saturated heterocycles. The first-order chi connectivity index (χ1) is 10.1. The molecule has 0 atom stereocenters. The van der Waals surface area contributed by atoms with E-state index in [-0.39, 0.29) is 11.7 Å². The summed E-state index contributed by atoms with van der Waals surface area (Å²) in [5.41, 5.74) is 1.65. The molecule has 0 aliphatic heterocycles. The van der Waals surface area contributed by atoms with E-state index in [2.05, 4.69) is 9.97 Å². The Bertz CT molecular complexity index is 600. The number of hydrogen-bond donors (Lipinski definition) is 1. The zero-order chi connectivity index (χ0) is 15.2. The Morgan fingerprint density at radius 3 is 2.67 bits per heavy atom. The van der Waals surface area contributed by atoms with Crippen LogP contribution in [0.2, 0.25) is 0 Å². The molecule has 112 valence electrons. The number of rotatable bonds is 7. The van der Waals surface area contributed by atoms with Gasteiger partial charge in [0, 0.05) is 19.5 Å². The fourth-order valence-electron chi connectivity index (χ4n) is 2.31. The lowest BCUT2D eigenvalue weighted by molar-refractivity contribution is -0.117. The Morgan fingerprint density at radius 1 is 1.24 bits per heavy atom. The van der Waals surface area contributed by atoms with Crippen LogP contribution in [0.1, 0.15) is 43.7 Å². The van der Waals surface area contributed by atoms with Gasteiger partial charge in [0.2, 0.25) is 0 Å². The highest BCUT2D eigenvalue weighted by molar-refractivity contribution is 5.94. The molecule has 5 nitrogen and oxygen atoms in total. The van der Waals surface area contributed by atoms with Crippen LogP contribution in [0.4, 0.5) is 0 Å². The van der Waals surface area contributed by atoms with Crippen LogP contribution in [0.25, 0.3) is 11.0 Å². The summed E-state index contributed by atoms with van der Waals surface area (Å²) in [7, 11) is 0. The molecule has 0 saturated carbocycles. The van der Waals surface area contributed by atoms with Gasteiger partial charge in [-0.2, -0.15) is 0 Å². The average molecular weight is 287 g/mol. The first-order valence-electron chi connectivity index (χ1n) is 7.35. The molecule has 1 N–H and O–H groups in total. The molecule has 1 amide bonds. The third-order valence-electron chi connectivity index (χ3n) is 3.33. The second kappa shape index (κ2) is 7.02. The maximum atomic E-state index is 12.5. The lowest BCUT2D eigenvalue weighted by atomic mass is 10.2. The number of Topliss-reactive ketones (excluding diaryl/α,β-unsaturated/α-hetero) is 1. The number of imidazole rings is 1. The molecule has 0 bridgehead atoms. The molecule has 2 aromatic rings. The minimum absolute atomic E-state index is 0.100. The number of ketones is 1. The molecule has 0 aliphatic carbocycles. The van der Waals surface area contributed by atoms with Crippen LogP contribution in [-0.4, -0.2) is 39.6 Å². The maximum Gasteiger partial charge on any atom is 0.289 e. The van der Waals surface area contributed by atoms with Crippen molar-refractivity contribution in [1.82, 2.24) is 14.9 Å². The molecular weight excluding hydrogens is 266 g/mol. The van der Waals surface area contributed by atoms with Gasteiger partial charge in [-0.25, -0.2) is 4.98 Å². The standard InChI is InChI=1S/C16H21N3O2/c1-3-10-19(11-6-7-12(2)20)16(21)15-17-13-8-4-5-9-14(13)18-15/h4-5,8-9H,3,6-7,10-11H2,1-2H3,(H,17,18). The van der Waals surface area contributed by atoms with Gasteiger partial charge >= 0.3 is 0 Å². The molecule has 5 heteroatoms.